The highest BCUT2D eigenvalue weighted by Crippen LogP contribution is 2.25. The molecule has 0 fully saturated rings. The molecular formula is C15H17ClN2O2S. The lowest BCUT2D eigenvalue weighted by Crippen LogP contribution is -2.14. The van der Waals surface area contributed by atoms with Crippen molar-refractivity contribution in [2.24, 2.45) is 5.73 Å². The fourth-order valence-corrected chi connectivity index (χ4v) is 3.17. The van der Waals surface area contributed by atoms with Crippen LogP contribution in [0.3, 0.4) is 0 Å². The highest BCUT2D eigenvalue weighted by Gasteiger charge is 2.16. The van der Waals surface area contributed by atoms with Crippen LogP contribution in [-0.4, -0.2) is 8.42 Å². The predicted molar refractivity (Wildman–Crippen MR) is 86.0 cm³/mol. The molecule has 1 unspecified atom stereocenters. The number of nitrogens with one attached hydrogen (secondary N) is 1. The molecule has 0 spiro atoms. The normalized spacial score (nSPS) is 13.0. The van der Waals surface area contributed by atoms with Crippen LogP contribution >= 0.6 is 11.6 Å². The van der Waals surface area contributed by atoms with Gasteiger partial charge in [-0.15, -0.1) is 0 Å². The van der Waals surface area contributed by atoms with Crippen molar-refractivity contribution in [3.05, 3.63) is 58.6 Å². The number of hydrogen-bond donors (Lipinski definition) is 2. The van der Waals surface area contributed by atoms with Gasteiger partial charge in [0.2, 0.25) is 0 Å². The first-order valence-corrected chi connectivity index (χ1v) is 8.31. The fourth-order valence-electron chi connectivity index (χ4n) is 1.87. The minimum Gasteiger partial charge on any atom is -0.324 e. The molecule has 0 aliphatic heterocycles. The maximum atomic E-state index is 12.4. The predicted octanol–water partition coefficient (Wildman–Crippen LogP) is 3.47. The van der Waals surface area contributed by atoms with Gasteiger partial charge in [-0.1, -0.05) is 29.8 Å². The molecule has 112 valence electrons. The zero-order valence-corrected chi connectivity index (χ0v) is 13.4. The summed E-state index contributed by atoms with van der Waals surface area (Å²) in [5.41, 5.74) is 7.80. The first-order valence-electron chi connectivity index (χ1n) is 6.45. The maximum absolute atomic E-state index is 12.4. The Balaban J connectivity index is 2.32. The van der Waals surface area contributed by atoms with E-state index in [-0.39, 0.29) is 10.9 Å². The van der Waals surface area contributed by atoms with Gasteiger partial charge in [-0.05, 0) is 49.2 Å². The Hall–Kier alpha value is -1.56. The number of nitrogens with two attached hydrogens (primary N) is 1. The summed E-state index contributed by atoms with van der Waals surface area (Å²) in [6.07, 6.45) is 0. The molecule has 0 amide bonds. The molecule has 0 saturated carbocycles. The number of halogens is 1. The van der Waals surface area contributed by atoms with Gasteiger partial charge in [-0.3, -0.25) is 4.72 Å². The van der Waals surface area contributed by atoms with Crippen LogP contribution in [0.15, 0.2) is 47.4 Å². The maximum Gasteiger partial charge on any atom is 0.261 e. The van der Waals surface area contributed by atoms with Crippen molar-refractivity contribution in [2.75, 3.05) is 4.72 Å². The summed E-state index contributed by atoms with van der Waals surface area (Å²) in [6, 6.07) is 11.5. The summed E-state index contributed by atoms with van der Waals surface area (Å²) in [7, 11) is -3.64. The molecule has 2 aromatic carbocycles. The molecule has 0 saturated heterocycles. The van der Waals surface area contributed by atoms with Gasteiger partial charge in [-0.2, -0.15) is 0 Å². The van der Waals surface area contributed by atoms with Crippen molar-refractivity contribution in [1.29, 1.82) is 0 Å². The topological polar surface area (TPSA) is 72.2 Å². The van der Waals surface area contributed by atoms with E-state index in [1.165, 1.54) is 0 Å². The van der Waals surface area contributed by atoms with Crippen molar-refractivity contribution >= 4 is 27.3 Å². The van der Waals surface area contributed by atoms with E-state index < -0.39 is 10.0 Å². The zero-order chi connectivity index (χ0) is 15.6. The zero-order valence-electron chi connectivity index (χ0n) is 11.8. The quantitative estimate of drug-likeness (QED) is 0.904. The van der Waals surface area contributed by atoms with E-state index in [2.05, 4.69) is 4.72 Å². The first-order chi connectivity index (χ1) is 9.81. The number of rotatable bonds is 4. The Morgan fingerprint density at radius 1 is 1.14 bits per heavy atom. The van der Waals surface area contributed by atoms with E-state index in [9.17, 15) is 8.42 Å². The van der Waals surface area contributed by atoms with Crippen molar-refractivity contribution in [3.8, 4) is 0 Å². The molecule has 0 aromatic heterocycles. The van der Waals surface area contributed by atoms with E-state index in [1.807, 2.05) is 6.92 Å². The van der Waals surface area contributed by atoms with Crippen molar-refractivity contribution in [3.63, 3.8) is 0 Å². The molecule has 0 heterocycles. The number of sulfonamides is 1. The molecule has 6 heteroatoms. The third kappa shape index (κ3) is 3.56. The van der Waals surface area contributed by atoms with Gasteiger partial charge in [0.15, 0.2) is 0 Å². The summed E-state index contributed by atoms with van der Waals surface area (Å²) in [6.45, 7) is 3.61. The van der Waals surface area contributed by atoms with Crippen molar-refractivity contribution in [2.45, 2.75) is 24.8 Å². The van der Waals surface area contributed by atoms with Crippen LogP contribution in [0.5, 0.6) is 0 Å². The van der Waals surface area contributed by atoms with Crippen LogP contribution < -0.4 is 10.5 Å². The van der Waals surface area contributed by atoms with Gasteiger partial charge in [0.1, 0.15) is 0 Å². The highest BCUT2D eigenvalue weighted by atomic mass is 35.5. The van der Waals surface area contributed by atoms with E-state index in [1.54, 1.807) is 49.4 Å². The van der Waals surface area contributed by atoms with E-state index >= 15 is 0 Å². The second-order valence-electron chi connectivity index (χ2n) is 4.88. The summed E-state index contributed by atoms with van der Waals surface area (Å²) >= 11 is 6.00. The lowest BCUT2D eigenvalue weighted by atomic mass is 10.1. The van der Waals surface area contributed by atoms with Crippen LogP contribution in [0.1, 0.15) is 24.1 Å². The average Bonchev–Trinajstić information content (AvgIpc) is 2.44. The molecule has 0 radical (unpaired) electrons. The van der Waals surface area contributed by atoms with Crippen LogP contribution in [0.4, 0.5) is 5.69 Å². The summed E-state index contributed by atoms with van der Waals surface area (Å²) in [4.78, 5) is 0.186. The second kappa shape index (κ2) is 6.05. The van der Waals surface area contributed by atoms with Crippen LogP contribution in [0.25, 0.3) is 0 Å². The third-order valence-electron chi connectivity index (χ3n) is 3.23. The Labute approximate surface area is 130 Å². The molecule has 21 heavy (non-hydrogen) atoms. The highest BCUT2D eigenvalue weighted by molar-refractivity contribution is 7.92. The lowest BCUT2D eigenvalue weighted by Gasteiger charge is -2.12. The molecular weight excluding hydrogens is 308 g/mol. The molecule has 3 N–H and O–H groups in total. The molecule has 4 nitrogen and oxygen atoms in total. The summed E-state index contributed by atoms with van der Waals surface area (Å²) in [5.74, 6) is 0. The Kier molecular flexibility index (Phi) is 4.56. The first kappa shape index (κ1) is 15.8. The van der Waals surface area contributed by atoms with Crippen LogP contribution in [0.2, 0.25) is 5.02 Å². The molecule has 0 bridgehead atoms. The van der Waals surface area contributed by atoms with E-state index in [0.29, 0.717) is 16.3 Å². The smallest absolute Gasteiger partial charge is 0.261 e. The van der Waals surface area contributed by atoms with Crippen LogP contribution in [-0.2, 0) is 10.0 Å². The largest absolute Gasteiger partial charge is 0.324 e. The van der Waals surface area contributed by atoms with E-state index in [4.69, 9.17) is 17.3 Å². The number of anilines is 1. The molecule has 2 aromatic rings. The van der Waals surface area contributed by atoms with Crippen LogP contribution in [0, 0.1) is 6.92 Å². The van der Waals surface area contributed by atoms with Crippen molar-refractivity contribution < 1.29 is 8.42 Å². The summed E-state index contributed by atoms with van der Waals surface area (Å²) < 4.78 is 27.3. The van der Waals surface area contributed by atoms with Gasteiger partial charge in [0.25, 0.3) is 10.0 Å². The lowest BCUT2D eigenvalue weighted by molar-refractivity contribution is 0.601. The fraction of sp³-hybridized carbons (Fsp3) is 0.200. The minimum atomic E-state index is -3.64. The van der Waals surface area contributed by atoms with Gasteiger partial charge in [0, 0.05) is 11.1 Å². The third-order valence-corrected chi connectivity index (χ3v) is 5.02. The standard InChI is InChI=1S/C15H17ClN2O2S/c1-10-14(16)4-3-5-15(10)18-21(19,20)13-8-6-12(7-9-13)11(2)17/h3-9,11,18H,17H2,1-2H3. The number of benzene rings is 2. The van der Waals surface area contributed by atoms with Gasteiger partial charge in [0.05, 0.1) is 10.6 Å². The Morgan fingerprint density at radius 2 is 1.76 bits per heavy atom. The molecule has 0 aliphatic carbocycles. The Morgan fingerprint density at radius 3 is 2.33 bits per heavy atom. The van der Waals surface area contributed by atoms with Gasteiger partial charge >= 0.3 is 0 Å². The Bertz CT molecular complexity index is 741. The monoisotopic (exact) mass is 324 g/mol. The second-order valence-corrected chi connectivity index (χ2v) is 6.97. The SMILES string of the molecule is Cc1c(Cl)cccc1NS(=O)(=O)c1ccc(C(C)N)cc1. The molecule has 1 atom stereocenters. The van der Waals surface area contributed by atoms with E-state index in [0.717, 1.165) is 5.56 Å². The van der Waals surface area contributed by atoms with Gasteiger partial charge in [-0.25, -0.2) is 8.42 Å². The average molecular weight is 325 g/mol. The van der Waals surface area contributed by atoms with Crippen molar-refractivity contribution in [1.82, 2.24) is 0 Å². The molecule has 2 rings (SSSR count). The number of hydrogen-bond acceptors (Lipinski definition) is 3. The molecule has 0 aliphatic rings. The van der Waals surface area contributed by atoms with Gasteiger partial charge < -0.3 is 5.73 Å². The summed E-state index contributed by atoms with van der Waals surface area (Å²) in [5, 5.41) is 0.516. The minimum absolute atomic E-state index is 0.134.